The van der Waals surface area contributed by atoms with E-state index < -0.39 is 27.8 Å². The molecule has 136 valence electrons. The number of H-pyrrole nitrogens is 2. The lowest BCUT2D eigenvalue weighted by Gasteiger charge is -2.01. The average molecular weight is 369 g/mol. The average Bonchev–Trinajstić information content (AvgIpc) is 3.07. The zero-order valence-corrected chi connectivity index (χ0v) is 13.5. The van der Waals surface area contributed by atoms with Crippen LogP contribution in [0.15, 0.2) is 50.4 Å². The second-order valence-corrected chi connectivity index (χ2v) is 5.31. The van der Waals surface area contributed by atoms with E-state index in [1.807, 2.05) is 0 Å². The minimum absolute atomic E-state index is 0.0527. The maximum absolute atomic E-state index is 11.6. The van der Waals surface area contributed by atoms with Gasteiger partial charge in [0.2, 0.25) is 0 Å². The van der Waals surface area contributed by atoms with Crippen molar-refractivity contribution in [3.05, 3.63) is 84.4 Å². The second kappa shape index (κ2) is 6.96. The van der Waals surface area contributed by atoms with E-state index >= 15 is 0 Å². The summed E-state index contributed by atoms with van der Waals surface area (Å²) < 4.78 is 5.55. The van der Waals surface area contributed by atoms with Crippen LogP contribution in [0.5, 0.6) is 0 Å². The molecule has 2 heterocycles. The number of nitrogens with one attached hydrogen (secondary N) is 2. The number of hydrogen-bond donors (Lipinski definition) is 3. The molecular weight excluding hydrogens is 358 g/mol. The maximum Gasteiger partial charge on any atom is 0.357 e. The first kappa shape index (κ1) is 17.6. The highest BCUT2D eigenvalue weighted by atomic mass is 16.6. The Morgan fingerprint density at radius 3 is 2.56 bits per heavy atom. The third-order valence-corrected chi connectivity index (χ3v) is 3.59. The summed E-state index contributed by atoms with van der Waals surface area (Å²) in [6.07, 6.45) is 2.46. The number of aromatic amines is 2. The largest absolute Gasteiger partial charge is 0.478 e. The number of carboxylic acid groups (broad SMARTS) is 1. The molecule has 0 atom stereocenters. The van der Waals surface area contributed by atoms with E-state index in [4.69, 9.17) is 4.42 Å². The molecule has 10 nitrogen and oxygen atoms in total. The van der Waals surface area contributed by atoms with E-state index in [2.05, 4.69) is 4.98 Å². The van der Waals surface area contributed by atoms with Crippen LogP contribution in [0.25, 0.3) is 23.5 Å². The minimum Gasteiger partial charge on any atom is -0.478 e. The first-order valence-corrected chi connectivity index (χ1v) is 7.48. The fourth-order valence-corrected chi connectivity index (χ4v) is 2.44. The van der Waals surface area contributed by atoms with E-state index in [1.54, 1.807) is 23.2 Å². The number of aromatic carboxylic acids is 1. The molecule has 0 fully saturated rings. The molecule has 27 heavy (non-hydrogen) atoms. The minimum atomic E-state index is -1.13. The van der Waals surface area contributed by atoms with Crippen LogP contribution < -0.4 is 11.2 Å². The molecule has 0 aliphatic rings. The Hall–Kier alpha value is -4.21. The summed E-state index contributed by atoms with van der Waals surface area (Å²) in [7, 11) is 0. The highest BCUT2D eigenvalue weighted by Gasteiger charge is 2.19. The van der Waals surface area contributed by atoms with Crippen molar-refractivity contribution in [3.8, 4) is 11.3 Å². The third kappa shape index (κ3) is 3.58. The van der Waals surface area contributed by atoms with Gasteiger partial charge in [-0.2, -0.15) is 0 Å². The lowest BCUT2D eigenvalue weighted by Crippen LogP contribution is -2.25. The molecule has 0 spiro atoms. The Kier molecular flexibility index (Phi) is 4.54. The molecule has 3 N–H and O–H groups in total. The van der Waals surface area contributed by atoms with Crippen LogP contribution in [0.3, 0.4) is 0 Å². The van der Waals surface area contributed by atoms with Crippen LogP contribution in [0.4, 0.5) is 5.69 Å². The molecule has 0 aliphatic carbocycles. The predicted octanol–water partition coefficient (Wildman–Crippen LogP) is 2.10. The van der Waals surface area contributed by atoms with E-state index in [0.717, 1.165) is 6.08 Å². The zero-order valence-electron chi connectivity index (χ0n) is 13.5. The standard InChI is InChI=1S/C17H11N3O7/c21-15-14(20(25)26)12(18-17(24)19-15)7-5-9-6-8-13(27-9)10-3-1-2-4-11(10)16(22)23/h1-8H,(H,22,23)(H2,18,19,21,24). The third-order valence-electron chi connectivity index (χ3n) is 3.59. The fraction of sp³-hybridized carbons (Fsp3) is 0. The number of nitro groups is 1. The fourth-order valence-electron chi connectivity index (χ4n) is 2.44. The molecule has 0 radical (unpaired) electrons. The molecule has 3 aromatic rings. The van der Waals surface area contributed by atoms with Gasteiger partial charge in [0.05, 0.1) is 10.5 Å². The molecular formula is C17H11N3O7. The Bertz CT molecular complexity index is 1180. The van der Waals surface area contributed by atoms with E-state index in [9.17, 15) is 29.6 Å². The normalized spacial score (nSPS) is 11.0. The van der Waals surface area contributed by atoms with Gasteiger partial charge in [0.1, 0.15) is 17.2 Å². The topological polar surface area (TPSA) is 159 Å². The number of furan rings is 1. The van der Waals surface area contributed by atoms with Gasteiger partial charge in [-0.25, -0.2) is 9.59 Å². The summed E-state index contributed by atoms with van der Waals surface area (Å²) in [6.45, 7) is 0. The first-order valence-electron chi connectivity index (χ1n) is 7.48. The van der Waals surface area contributed by atoms with Gasteiger partial charge in [-0.1, -0.05) is 18.2 Å². The summed E-state index contributed by atoms with van der Waals surface area (Å²) in [5.74, 6) is -0.599. The van der Waals surface area contributed by atoms with E-state index in [0.29, 0.717) is 5.56 Å². The van der Waals surface area contributed by atoms with Crippen molar-refractivity contribution >= 4 is 23.8 Å². The second-order valence-electron chi connectivity index (χ2n) is 5.31. The highest BCUT2D eigenvalue weighted by molar-refractivity contribution is 5.95. The van der Waals surface area contributed by atoms with Crippen LogP contribution in [0.1, 0.15) is 21.8 Å². The summed E-state index contributed by atoms with van der Waals surface area (Å²) in [4.78, 5) is 48.3. The van der Waals surface area contributed by atoms with Gasteiger partial charge in [-0.3, -0.25) is 19.9 Å². The van der Waals surface area contributed by atoms with Crippen molar-refractivity contribution in [2.45, 2.75) is 0 Å². The number of nitrogens with zero attached hydrogens (tertiary/aromatic N) is 1. The first-order chi connectivity index (χ1) is 12.9. The summed E-state index contributed by atoms with van der Waals surface area (Å²) in [5, 5.41) is 20.2. The molecule has 2 aromatic heterocycles. The smallest absolute Gasteiger partial charge is 0.357 e. The molecule has 0 saturated heterocycles. The lowest BCUT2D eigenvalue weighted by molar-refractivity contribution is -0.386. The molecule has 0 amide bonds. The quantitative estimate of drug-likeness (QED) is 0.458. The van der Waals surface area contributed by atoms with Gasteiger partial charge in [0.25, 0.3) is 0 Å². The molecule has 0 saturated carbocycles. The van der Waals surface area contributed by atoms with Crippen LogP contribution in [-0.4, -0.2) is 26.0 Å². The van der Waals surface area contributed by atoms with Crippen LogP contribution in [0.2, 0.25) is 0 Å². The van der Waals surface area contributed by atoms with Crippen molar-refractivity contribution in [3.63, 3.8) is 0 Å². The maximum atomic E-state index is 11.6. The number of rotatable bonds is 5. The summed E-state index contributed by atoms with van der Waals surface area (Å²) >= 11 is 0. The molecule has 0 aliphatic heterocycles. The number of carboxylic acids is 1. The highest BCUT2D eigenvalue weighted by Crippen LogP contribution is 2.26. The SMILES string of the molecule is O=C(O)c1ccccc1-c1ccc(C=Cc2[nH]c(=O)[nH]c(=O)c2[N+](=O)[O-])o1. The van der Waals surface area contributed by atoms with Crippen LogP contribution in [-0.2, 0) is 0 Å². The molecule has 3 rings (SSSR count). The Morgan fingerprint density at radius 2 is 1.85 bits per heavy atom. The molecule has 0 unspecified atom stereocenters. The lowest BCUT2D eigenvalue weighted by atomic mass is 10.1. The summed E-state index contributed by atoms with van der Waals surface area (Å²) in [6, 6.07) is 9.30. The number of aromatic nitrogens is 2. The van der Waals surface area contributed by atoms with Gasteiger partial charge in [0.15, 0.2) is 0 Å². The van der Waals surface area contributed by atoms with Crippen molar-refractivity contribution in [1.82, 2.24) is 9.97 Å². The van der Waals surface area contributed by atoms with Gasteiger partial charge in [-0.15, -0.1) is 0 Å². The van der Waals surface area contributed by atoms with Crippen molar-refractivity contribution in [2.75, 3.05) is 0 Å². The number of hydrogen-bond acceptors (Lipinski definition) is 6. The summed E-state index contributed by atoms with van der Waals surface area (Å²) in [5.41, 5.74) is -2.71. The van der Waals surface area contributed by atoms with Crippen molar-refractivity contribution in [2.24, 2.45) is 0 Å². The predicted molar refractivity (Wildman–Crippen MR) is 94.4 cm³/mol. The Balaban J connectivity index is 1.99. The molecule has 0 bridgehead atoms. The van der Waals surface area contributed by atoms with Gasteiger partial charge in [-0.05, 0) is 30.4 Å². The Labute approximate surface area is 149 Å². The number of carbonyl (C=O) groups is 1. The number of benzene rings is 1. The van der Waals surface area contributed by atoms with Gasteiger partial charge < -0.3 is 14.5 Å². The van der Waals surface area contributed by atoms with Crippen molar-refractivity contribution < 1.29 is 19.2 Å². The van der Waals surface area contributed by atoms with Crippen LogP contribution in [0, 0.1) is 10.1 Å². The van der Waals surface area contributed by atoms with Crippen molar-refractivity contribution in [1.29, 1.82) is 0 Å². The Morgan fingerprint density at radius 1 is 1.11 bits per heavy atom. The van der Waals surface area contributed by atoms with E-state index in [1.165, 1.54) is 24.3 Å². The molecule has 10 heteroatoms. The molecule has 1 aromatic carbocycles. The zero-order chi connectivity index (χ0) is 19.6. The van der Waals surface area contributed by atoms with Crippen LogP contribution >= 0.6 is 0 Å². The van der Waals surface area contributed by atoms with Gasteiger partial charge >= 0.3 is 22.9 Å². The van der Waals surface area contributed by atoms with Gasteiger partial charge in [0, 0.05) is 5.56 Å². The monoisotopic (exact) mass is 369 g/mol. The van der Waals surface area contributed by atoms with E-state index in [-0.39, 0.29) is 22.8 Å².